The van der Waals surface area contributed by atoms with Crippen molar-refractivity contribution in [2.24, 2.45) is 0 Å². The van der Waals surface area contributed by atoms with Crippen molar-refractivity contribution in [3.63, 3.8) is 0 Å². The average Bonchev–Trinajstić information content (AvgIpc) is 2.77. The second-order valence-corrected chi connectivity index (χ2v) is 5.00. The van der Waals surface area contributed by atoms with Crippen LogP contribution in [-0.4, -0.2) is 25.3 Å². The molecular weight excluding hydrogens is 275 g/mol. The molecule has 2 rings (SSSR count). The summed E-state index contributed by atoms with van der Waals surface area (Å²) in [6.45, 7) is 1.29. The highest BCUT2D eigenvalue weighted by Gasteiger charge is 2.16. The number of benzene rings is 1. The van der Waals surface area contributed by atoms with E-state index in [1.54, 1.807) is 18.2 Å². The minimum Gasteiger partial charge on any atom is -0.376 e. The van der Waals surface area contributed by atoms with Crippen molar-refractivity contribution in [1.82, 2.24) is 5.32 Å². The molecule has 0 aliphatic carbocycles. The Kier molecular flexibility index (Phi) is 4.69. The quantitative estimate of drug-likeness (QED) is 0.897. The molecule has 0 bridgehead atoms. The first-order valence-corrected chi connectivity index (χ1v) is 6.51. The van der Waals surface area contributed by atoms with Gasteiger partial charge in [-0.05, 0) is 31.0 Å². The van der Waals surface area contributed by atoms with Gasteiger partial charge in [-0.2, -0.15) is 0 Å². The second kappa shape index (κ2) is 6.27. The molecule has 2 amide bonds. The van der Waals surface area contributed by atoms with Crippen molar-refractivity contribution in [2.75, 3.05) is 18.5 Å². The molecule has 1 saturated heterocycles. The van der Waals surface area contributed by atoms with Gasteiger partial charge in [0.25, 0.3) is 0 Å². The summed E-state index contributed by atoms with van der Waals surface area (Å²) in [6.07, 6.45) is 2.17. The van der Waals surface area contributed by atoms with Crippen LogP contribution in [0.25, 0.3) is 0 Å². The van der Waals surface area contributed by atoms with E-state index in [9.17, 15) is 4.79 Å². The van der Waals surface area contributed by atoms with Crippen LogP contribution >= 0.6 is 23.2 Å². The van der Waals surface area contributed by atoms with E-state index in [1.807, 2.05) is 0 Å². The Morgan fingerprint density at radius 3 is 2.67 bits per heavy atom. The minimum atomic E-state index is -0.288. The largest absolute Gasteiger partial charge is 0.376 e. The molecule has 98 valence electrons. The van der Waals surface area contributed by atoms with Crippen molar-refractivity contribution in [1.29, 1.82) is 0 Å². The van der Waals surface area contributed by atoms with E-state index in [4.69, 9.17) is 27.9 Å². The normalized spacial score (nSPS) is 18.7. The molecule has 1 aliphatic heterocycles. The summed E-state index contributed by atoms with van der Waals surface area (Å²) in [4.78, 5) is 11.6. The monoisotopic (exact) mass is 288 g/mol. The van der Waals surface area contributed by atoms with Crippen molar-refractivity contribution in [3.05, 3.63) is 28.2 Å². The van der Waals surface area contributed by atoms with Gasteiger partial charge in [0.1, 0.15) is 0 Å². The Balaban J connectivity index is 1.82. The highest BCUT2D eigenvalue weighted by Crippen LogP contribution is 2.22. The molecule has 1 aliphatic rings. The van der Waals surface area contributed by atoms with Crippen molar-refractivity contribution in [3.8, 4) is 0 Å². The first-order chi connectivity index (χ1) is 8.63. The van der Waals surface area contributed by atoms with Crippen LogP contribution in [0.15, 0.2) is 18.2 Å². The number of halogens is 2. The lowest BCUT2D eigenvalue weighted by Gasteiger charge is -2.12. The van der Waals surface area contributed by atoms with Crippen LogP contribution < -0.4 is 10.6 Å². The molecule has 1 heterocycles. The fourth-order valence-electron chi connectivity index (χ4n) is 1.81. The molecule has 0 unspecified atom stereocenters. The van der Waals surface area contributed by atoms with E-state index in [0.29, 0.717) is 22.3 Å². The zero-order valence-corrected chi connectivity index (χ0v) is 11.2. The lowest BCUT2D eigenvalue weighted by atomic mass is 10.2. The lowest BCUT2D eigenvalue weighted by Crippen LogP contribution is -2.35. The van der Waals surface area contributed by atoms with E-state index in [0.717, 1.165) is 19.4 Å². The molecule has 0 aromatic heterocycles. The summed E-state index contributed by atoms with van der Waals surface area (Å²) in [5.74, 6) is 0. The smallest absolute Gasteiger partial charge is 0.319 e. The maximum absolute atomic E-state index is 11.6. The molecule has 1 fully saturated rings. The molecule has 1 atom stereocenters. The summed E-state index contributed by atoms with van der Waals surface area (Å²) in [7, 11) is 0. The van der Waals surface area contributed by atoms with E-state index >= 15 is 0 Å². The van der Waals surface area contributed by atoms with Crippen LogP contribution in [0.1, 0.15) is 12.8 Å². The fraction of sp³-hybridized carbons (Fsp3) is 0.417. The zero-order valence-electron chi connectivity index (χ0n) is 9.71. The predicted octanol–water partition coefficient (Wildman–Crippen LogP) is 3.29. The summed E-state index contributed by atoms with van der Waals surface area (Å²) < 4.78 is 5.41. The summed E-state index contributed by atoms with van der Waals surface area (Å²) >= 11 is 11.7. The van der Waals surface area contributed by atoms with Crippen molar-refractivity contribution >= 4 is 34.9 Å². The lowest BCUT2D eigenvalue weighted by molar-refractivity contribution is 0.112. The Labute approximate surface area is 116 Å². The first kappa shape index (κ1) is 13.5. The van der Waals surface area contributed by atoms with Crippen LogP contribution in [0.5, 0.6) is 0 Å². The van der Waals surface area contributed by atoms with Crippen LogP contribution in [0, 0.1) is 0 Å². The number of carbonyl (C=O) groups excluding carboxylic acids is 1. The van der Waals surface area contributed by atoms with E-state index in [1.165, 1.54) is 0 Å². The molecule has 0 saturated carbocycles. The van der Waals surface area contributed by atoms with Crippen LogP contribution in [-0.2, 0) is 4.74 Å². The Hall–Kier alpha value is -0.970. The minimum absolute atomic E-state index is 0.124. The van der Waals surface area contributed by atoms with Gasteiger partial charge < -0.3 is 15.4 Å². The van der Waals surface area contributed by atoms with Crippen LogP contribution in [0.3, 0.4) is 0 Å². The summed E-state index contributed by atoms with van der Waals surface area (Å²) in [5.41, 5.74) is 0.567. The van der Waals surface area contributed by atoms with Gasteiger partial charge in [-0.1, -0.05) is 23.2 Å². The fourth-order valence-corrected chi connectivity index (χ4v) is 2.34. The van der Waals surface area contributed by atoms with Gasteiger partial charge in [-0.3, -0.25) is 0 Å². The van der Waals surface area contributed by atoms with Crippen LogP contribution in [0.4, 0.5) is 10.5 Å². The van der Waals surface area contributed by atoms with Gasteiger partial charge in [-0.15, -0.1) is 0 Å². The van der Waals surface area contributed by atoms with Crippen LogP contribution in [0.2, 0.25) is 10.0 Å². The Bertz CT molecular complexity index is 414. The first-order valence-electron chi connectivity index (χ1n) is 5.76. The number of hydrogen-bond donors (Lipinski definition) is 2. The van der Waals surface area contributed by atoms with E-state index in [-0.39, 0.29) is 12.1 Å². The Morgan fingerprint density at radius 1 is 1.33 bits per heavy atom. The number of nitrogens with one attached hydrogen (secondary N) is 2. The molecule has 18 heavy (non-hydrogen) atoms. The van der Waals surface area contributed by atoms with Gasteiger partial charge in [0.05, 0.1) is 6.10 Å². The highest BCUT2D eigenvalue weighted by atomic mass is 35.5. The number of hydrogen-bond acceptors (Lipinski definition) is 2. The van der Waals surface area contributed by atoms with Crippen molar-refractivity contribution in [2.45, 2.75) is 18.9 Å². The molecule has 1 aromatic rings. The number of urea groups is 1. The molecule has 0 spiro atoms. The molecule has 6 heteroatoms. The van der Waals surface area contributed by atoms with E-state index < -0.39 is 0 Å². The van der Waals surface area contributed by atoms with Crippen molar-refractivity contribution < 1.29 is 9.53 Å². The number of carbonyl (C=O) groups is 1. The van der Waals surface area contributed by atoms with Gasteiger partial charge in [0.2, 0.25) is 0 Å². The predicted molar refractivity (Wildman–Crippen MR) is 72.5 cm³/mol. The molecule has 0 radical (unpaired) electrons. The van der Waals surface area contributed by atoms with Gasteiger partial charge in [0, 0.05) is 28.9 Å². The third-order valence-electron chi connectivity index (χ3n) is 2.63. The van der Waals surface area contributed by atoms with E-state index in [2.05, 4.69) is 10.6 Å². The molecular formula is C12H14Cl2N2O2. The number of amides is 2. The number of ether oxygens (including phenoxy) is 1. The highest BCUT2D eigenvalue weighted by molar-refractivity contribution is 6.35. The maximum atomic E-state index is 11.6. The number of anilines is 1. The Morgan fingerprint density at radius 2 is 2.06 bits per heavy atom. The molecule has 4 nitrogen and oxygen atoms in total. The van der Waals surface area contributed by atoms with Gasteiger partial charge in [0.15, 0.2) is 0 Å². The maximum Gasteiger partial charge on any atom is 0.319 e. The number of rotatable bonds is 3. The van der Waals surface area contributed by atoms with Gasteiger partial charge in [-0.25, -0.2) is 4.79 Å². The summed E-state index contributed by atoms with van der Waals surface area (Å²) in [5, 5.41) is 6.39. The average molecular weight is 289 g/mol. The standard InChI is InChI=1S/C12H14Cl2N2O2/c13-8-4-9(14)6-10(5-8)16-12(17)15-7-11-2-1-3-18-11/h4-6,11H,1-3,7H2,(H2,15,16,17)/t11-/m0/s1. The molecule has 2 N–H and O–H groups in total. The van der Waals surface area contributed by atoms with Gasteiger partial charge >= 0.3 is 6.03 Å². The summed E-state index contributed by atoms with van der Waals surface area (Å²) in [6, 6.07) is 4.60. The third-order valence-corrected chi connectivity index (χ3v) is 3.07. The molecule has 1 aromatic carbocycles. The third kappa shape index (κ3) is 4.05. The zero-order chi connectivity index (χ0) is 13.0. The topological polar surface area (TPSA) is 50.4 Å². The SMILES string of the molecule is O=C(NC[C@@H]1CCCO1)Nc1cc(Cl)cc(Cl)c1. The second-order valence-electron chi connectivity index (χ2n) is 4.13.